The van der Waals surface area contributed by atoms with E-state index in [4.69, 9.17) is 0 Å². The van der Waals surface area contributed by atoms with E-state index in [1.54, 1.807) is 36.2 Å². The molecule has 3 aromatic rings. The van der Waals surface area contributed by atoms with Crippen molar-refractivity contribution >= 4 is 22.9 Å². The predicted molar refractivity (Wildman–Crippen MR) is 126 cm³/mol. The van der Waals surface area contributed by atoms with E-state index in [1.165, 1.54) is 0 Å². The van der Waals surface area contributed by atoms with Gasteiger partial charge in [-0.05, 0) is 24.6 Å². The Morgan fingerprint density at radius 1 is 0.875 bits per heavy atom. The van der Waals surface area contributed by atoms with Gasteiger partial charge >= 0.3 is 5.70 Å². The van der Waals surface area contributed by atoms with Crippen LogP contribution in [0.2, 0.25) is 0 Å². The number of carbonyl (C=O) groups excluding carboxylic acids is 1. The summed E-state index contributed by atoms with van der Waals surface area (Å²) in [5, 5.41) is 15.4. The summed E-state index contributed by atoms with van der Waals surface area (Å²) in [5.74, 6) is -0.360. The number of allylic oxidation sites excluding steroid dienone is 1. The van der Waals surface area contributed by atoms with Crippen molar-refractivity contribution < 1.29 is 9.72 Å². The van der Waals surface area contributed by atoms with E-state index in [2.05, 4.69) is 5.32 Å². The number of likely N-dealkylation sites (N-methyl/N-ethyl adjacent to an activating group) is 1. The zero-order valence-electron chi connectivity index (χ0n) is 17.9. The third-order valence-corrected chi connectivity index (χ3v) is 5.65. The average molecular weight is 425 g/mol. The number of para-hydroxylation sites is 1. The van der Waals surface area contributed by atoms with Gasteiger partial charge in [-0.3, -0.25) is 14.9 Å². The van der Waals surface area contributed by atoms with Crippen LogP contribution in [0.1, 0.15) is 18.1 Å². The standard InChI is InChI=1S/C26H23N3O3/c1-18-22(26(30)27-21-16-10-5-11-17-21)23(19-12-6-3-7-13-19)25(29(31)32)24(28(18)2)20-14-8-4-9-15-20/h3-18H,1-2H3,(H,27,30). The number of nitrogens with one attached hydrogen (secondary N) is 1. The van der Waals surface area contributed by atoms with Crippen LogP contribution in [-0.2, 0) is 4.79 Å². The normalized spacial score (nSPS) is 16.2. The summed E-state index contributed by atoms with van der Waals surface area (Å²) in [4.78, 5) is 27.4. The van der Waals surface area contributed by atoms with Gasteiger partial charge in [0.1, 0.15) is 5.70 Å². The van der Waals surface area contributed by atoms with Crippen LogP contribution in [0.25, 0.3) is 11.3 Å². The molecule has 1 aliphatic rings. The van der Waals surface area contributed by atoms with E-state index < -0.39 is 6.04 Å². The SMILES string of the molecule is CC1C(C(=O)Nc2ccccc2)=C(c2ccccc2)C([N+](=O)[O-])=C(c2ccccc2)N1C. The number of hydrogen-bond donors (Lipinski definition) is 1. The molecule has 1 amide bonds. The van der Waals surface area contributed by atoms with Crippen molar-refractivity contribution in [3.63, 3.8) is 0 Å². The molecule has 0 saturated heterocycles. The molecular formula is C26H23N3O3. The van der Waals surface area contributed by atoms with E-state index in [-0.39, 0.29) is 16.5 Å². The summed E-state index contributed by atoms with van der Waals surface area (Å²) >= 11 is 0. The van der Waals surface area contributed by atoms with Crippen LogP contribution in [0.3, 0.4) is 0 Å². The molecule has 0 saturated carbocycles. The van der Waals surface area contributed by atoms with Crippen LogP contribution in [0.15, 0.2) is 102 Å². The second-order valence-electron chi connectivity index (χ2n) is 7.58. The minimum atomic E-state index is -0.396. The van der Waals surface area contributed by atoms with Crippen LogP contribution < -0.4 is 5.32 Å². The van der Waals surface area contributed by atoms with Gasteiger partial charge in [0, 0.05) is 18.3 Å². The number of anilines is 1. The third kappa shape index (κ3) is 3.90. The van der Waals surface area contributed by atoms with E-state index in [0.29, 0.717) is 28.1 Å². The third-order valence-electron chi connectivity index (χ3n) is 5.65. The highest BCUT2D eigenvalue weighted by atomic mass is 16.6. The van der Waals surface area contributed by atoms with Crippen LogP contribution in [0.4, 0.5) is 5.69 Å². The summed E-state index contributed by atoms with van der Waals surface area (Å²) < 4.78 is 0. The summed E-state index contributed by atoms with van der Waals surface area (Å²) in [5.41, 5.74) is 3.09. The molecule has 1 aliphatic heterocycles. The highest BCUT2D eigenvalue weighted by Crippen LogP contribution is 2.41. The maximum Gasteiger partial charge on any atom is 0.301 e. The van der Waals surface area contributed by atoms with Gasteiger partial charge in [-0.15, -0.1) is 0 Å². The molecule has 160 valence electrons. The smallest absolute Gasteiger partial charge is 0.301 e. The number of benzene rings is 3. The number of nitrogens with zero attached hydrogens (tertiary/aromatic N) is 2. The number of nitro groups is 1. The molecule has 0 aliphatic carbocycles. The van der Waals surface area contributed by atoms with Gasteiger partial charge in [0.2, 0.25) is 0 Å². The summed E-state index contributed by atoms with van der Waals surface area (Å²) in [6.07, 6.45) is 0. The Hall–Kier alpha value is -4.19. The molecule has 1 atom stereocenters. The van der Waals surface area contributed by atoms with Crippen LogP contribution in [0.5, 0.6) is 0 Å². The molecule has 0 fully saturated rings. The first kappa shape index (κ1) is 21.1. The largest absolute Gasteiger partial charge is 0.362 e. The molecule has 0 aromatic heterocycles. The molecule has 3 aromatic carbocycles. The number of carbonyl (C=O) groups is 1. The first-order valence-electron chi connectivity index (χ1n) is 10.3. The van der Waals surface area contributed by atoms with Gasteiger partial charge < -0.3 is 10.2 Å². The lowest BCUT2D eigenvalue weighted by molar-refractivity contribution is -0.416. The monoisotopic (exact) mass is 425 g/mol. The lowest BCUT2D eigenvalue weighted by Gasteiger charge is -2.35. The zero-order valence-corrected chi connectivity index (χ0v) is 17.9. The minimum absolute atomic E-state index is 0.0822. The lowest BCUT2D eigenvalue weighted by atomic mass is 9.86. The fraction of sp³-hybridized carbons (Fsp3) is 0.115. The second-order valence-corrected chi connectivity index (χ2v) is 7.58. The van der Waals surface area contributed by atoms with E-state index >= 15 is 0 Å². The zero-order chi connectivity index (χ0) is 22.7. The first-order valence-corrected chi connectivity index (χ1v) is 10.3. The quantitative estimate of drug-likeness (QED) is 0.458. The van der Waals surface area contributed by atoms with Gasteiger partial charge in [0.05, 0.1) is 22.1 Å². The van der Waals surface area contributed by atoms with Crippen molar-refractivity contribution in [2.45, 2.75) is 13.0 Å². The Morgan fingerprint density at radius 3 is 1.91 bits per heavy atom. The number of rotatable bonds is 5. The number of hydrogen-bond acceptors (Lipinski definition) is 4. The second kappa shape index (κ2) is 8.89. The summed E-state index contributed by atoms with van der Waals surface area (Å²) in [6.45, 7) is 1.89. The van der Waals surface area contributed by atoms with Crippen molar-refractivity contribution in [2.75, 3.05) is 12.4 Å². The topological polar surface area (TPSA) is 75.5 Å². The Balaban J connectivity index is 1.99. The average Bonchev–Trinajstić information content (AvgIpc) is 2.81. The summed E-state index contributed by atoms with van der Waals surface area (Å²) in [7, 11) is 1.79. The Kier molecular flexibility index (Phi) is 5.85. The van der Waals surface area contributed by atoms with E-state index in [1.807, 2.05) is 73.7 Å². The van der Waals surface area contributed by atoms with Gasteiger partial charge in [-0.1, -0.05) is 78.9 Å². The lowest BCUT2D eigenvalue weighted by Crippen LogP contribution is -2.40. The van der Waals surface area contributed by atoms with Crippen molar-refractivity contribution in [3.8, 4) is 0 Å². The molecular weight excluding hydrogens is 402 g/mol. The molecule has 4 rings (SSSR count). The first-order chi connectivity index (χ1) is 15.5. The van der Waals surface area contributed by atoms with Gasteiger partial charge in [0.15, 0.2) is 0 Å². The Bertz CT molecular complexity index is 1200. The maximum atomic E-state index is 13.5. The predicted octanol–water partition coefficient (Wildman–Crippen LogP) is 5.06. The Morgan fingerprint density at radius 2 is 1.38 bits per heavy atom. The number of amides is 1. The van der Waals surface area contributed by atoms with Crippen LogP contribution in [0, 0.1) is 10.1 Å². The van der Waals surface area contributed by atoms with Gasteiger partial charge in [-0.2, -0.15) is 0 Å². The highest BCUT2D eigenvalue weighted by Gasteiger charge is 2.41. The van der Waals surface area contributed by atoms with E-state index in [0.717, 1.165) is 5.56 Å². The molecule has 1 unspecified atom stereocenters. The highest BCUT2D eigenvalue weighted by molar-refractivity contribution is 6.13. The van der Waals surface area contributed by atoms with E-state index in [9.17, 15) is 14.9 Å². The minimum Gasteiger partial charge on any atom is -0.362 e. The summed E-state index contributed by atoms with van der Waals surface area (Å²) in [6, 6.07) is 27.0. The van der Waals surface area contributed by atoms with Crippen LogP contribution in [-0.4, -0.2) is 28.8 Å². The molecule has 0 spiro atoms. The molecule has 6 heteroatoms. The maximum absolute atomic E-state index is 13.5. The fourth-order valence-electron chi connectivity index (χ4n) is 4.04. The molecule has 1 heterocycles. The van der Waals surface area contributed by atoms with Crippen molar-refractivity contribution in [1.29, 1.82) is 0 Å². The van der Waals surface area contributed by atoms with Gasteiger partial charge in [-0.25, -0.2) is 0 Å². The fourth-order valence-corrected chi connectivity index (χ4v) is 4.04. The van der Waals surface area contributed by atoms with Gasteiger partial charge in [0.25, 0.3) is 5.91 Å². The molecule has 32 heavy (non-hydrogen) atoms. The molecule has 0 bridgehead atoms. The molecule has 1 N–H and O–H groups in total. The van der Waals surface area contributed by atoms with Crippen molar-refractivity contribution in [1.82, 2.24) is 4.90 Å². The Labute approximate surface area is 186 Å². The molecule has 6 nitrogen and oxygen atoms in total. The van der Waals surface area contributed by atoms with Crippen LogP contribution >= 0.6 is 0 Å². The van der Waals surface area contributed by atoms with Crippen molar-refractivity contribution in [3.05, 3.63) is 124 Å². The molecule has 0 radical (unpaired) electrons. The van der Waals surface area contributed by atoms with Crippen molar-refractivity contribution in [2.24, 2.45) is 0 Å².